The van der Waals surface area contributed by atoms with Crippen LogP contribution in [0.3, 0.4) is 0 Å². The van der Waals surface area contributed by atoms with E-state index in [9.17, 15) is 0 Å². The molecule has 0 spiro atoms. The molecule has 1 atom stereocenters. The number of benzene rings is 1. The highest BCUT2D eigenvalue weighted by molar-refractivity contribution is 6.30. The Morgan fingerprint density at radius 3 is 2.74 bits per heavy atom. The van der Waals surface area contributed by atoms with E-state index in [-0.39, 0.29) is 0 Å². The molecule has 1 N–H and O–H groups in total. The van der Waals surface area contributed by atoms with Crippen molar-refractivity contribution in [2.24, 2.45) is 11.3 Å². The Morgan fingerprint density at radius 1 is 1.42 bits per heavy atom. The molecule has 1 aliphatic rings. The summed E-state index contributed by atoms with van der Waals surface area (Å²) in [5.41, 5.74) is 1.52. The van der Waals surface area contributed by atoms with Gasteiger partial charge in [0.1, 0.15) is 5.75 Å². The third-order valence-electron chi connectivity index (χ3n) is 4.18. The van der Waals surface area contributed by atoms with Crippen molar-refractivity contribution in [3.05, 3.63) is 28.8 Å². The summed E-state index contributed by atoms with van der Waals surface area (Å²) < 4.78 is 5.47. The van der Waals surface area contributed by atoms with Gasteiger partial charge in [0.05, 0.1) is 7.11 Å². The molecule has 1 aromatic rings. The lowest BCUT2D eigenvalue weighted by atomic mass is 9.78. The molecule has 1 aromatic carbocycles. The van der Waals surface area contributed by atoms with Gasteiger partial charge < -0.3 is 10.1 Å². The summed E-state index contributed by atoms with van der Waals surface area (Å²) >= 11 is 6.13. The number of ether oxygens (including phenoxy) is 1. The lowest BCUT2D eigenvalue weighted by Crippen LogP contribution is -2.35. The summed E-state index contributed by atoms with van der Waals surface area (Å²) in [5.74, 6) is 1.78. The number of methoxy groups -OCH3 is 1. The van der Waals surface area contributed by atoms with Gasteiger partial charge in [-0.1, -0.05) is 25.4 Å². The minimum Gasteiger partial charge on any atom is -0.496 e. The molecule has 106 valence electrons. The lowest BCUT2D eigenvalue weighted by Gasteiger charge is -2.31. The van der Waals surface area contributed by atoms with Crippen molar-refractivity contribution in [3.8, 4) is 5.75 Å². The van der Waals surface area contributed by atoms with Crippen molar-refractivity contribution in [2.75, 3.05) is 20.2 Å². The minimum atomic E-state index is 0.300. The van der Waals surface area contributed by atoms with Crippen LogP contribution in [-0.2, 0) is 6.42 Å². The van der Waals surface area contributed by atoms with E-state index in [1.165, 1.54) is 18.4 Å². The van der Waals surface area contributed by atoms with Crippen LogP contribution in [0.4, 0.5) is 0 Å². The maximum atomic E-state index is 6.13. The summed E-state index contributed by atoms with van der Waals surface area (Å²) in [7, 11) is 1.73. The molecule has 1 saturated carbocycles. The predicted molar refractivity (Wildman–Crippen MR) is 81.1 cm³/mol. The largest absolute Gasteiger partial charge is 0.496 e. The third-order valence-corrected chi connectivity index (χ3v) is 4.41. The zero-order valence-electron chi connectivity index (χ0n) is 12.1. The first-order chi connectivity index (χ1) is 9.09. The molecule has 19 heavy (non-hydrogen) atoms. The number of hydrogen-bond acceptors (Lipinski definition) is 2. The number of halogens is 1. The monoisotopic (exact) mass is 281 g/mol. The van der Waals surface area contributed by atoms with Crippen molar-refractivity contribution in [3.63, 3.8) is 0 Å². The topological polar surface area (TPSA) is 21.3 Å². The molecule has 1 aliphatic carbocycles. The van der Waals surface area contributed by atoms with E-state index in [0.717, 1.165) is 36.2 Å². The quantitative estimate of drug-likeness (QED) is 0.818. The van der Waals surface area contributed by atoms with Gasteiger partial charge in [0, 0.05) is 11.6 Å². The van der Waals surface area contributed by atoms with Crippen LogP contribution in [0.1, 0.15) is 32.3 Å². The fraction of sp³-hybridized carbons (Fsp3) is 0.625. The SMILES string of the molecule is CCNCC(C)(Cc1cc(Cl)ccc1OC)C1CC1. The molecule has 0 aliphatic heterocycles. The second-order valence-electron chi connectivity index (χ2n) is 5.84. The molecular weight excluding hydrogens is 258 g/mol. The van der Waals surface area contributed by atoms with Crippen molar-refractivity contribution in [1.29, 1.82) is 0 Å². The molecular formula is C16H24ClNO. The molecule has 0 saturated heterocycles. The van der Waals surface area contributed by atoms with E-state index in [4.69, 9.17) is 16.3 Å². The third kappa shape index (κ3) is 3.64. The second kappa shape index (κ2) is 6.15. The molecule has 0 amide bonds. The van der Waals surface area contributed by atoms with Crippen LogP contribution in [0.15, 0.2) is 18.2 Å². The predicted octanol–water partition coefficient (Wildman–Crippen LogP) is 3.92. The van der Waals surface area contributed by atoms with Crippen LogP contribution in [0.25, 0.3) is 0 Å². The Morgan fingerprint density at radius 2 is 2.16 bits per heavy atom. The van der Waals surface area contributed by atoms with Gasteiger partial charge in [-0.25, -0.2) is 0 Å². The highest BCUT2D eigenvalue weighted by atomic mass is 35.5. The highest BCUT2D eigenvalue weighted by Gasteiger charge is 2.41. The number of rotatable bonds is 7. The average molecular weight is 282 g/mol. The van der Waals surface area contributed by atoms with Crippen LogP contribution in [0.5, 0.6) is 5.75 Å². The van der Waals surface area contributed by atoms with Crippen LogP contribution >= 0.6 is 11.6 Å². The molecule has 2 nitrogen and oxygen atoms in total. The Bertz CT molecular complexity index is 431. The zero-order chi connectivity index (χ0) is 13.9. The molecule has 2 rings (SSSR count). The number of hydrogen-bond donors (Lipinski definition) is 1. The number of nitrogens with one attached hydrogen (secondary N) is 1. The summed E-state index contributed by atoms with van der Waals surface area (Å²) in [5, 5.41) is 4.30. The van der Waals surface area contributed by atoms with Crippen molar-refractivity contribution in [1.82, 2.24) is 5.32 Å². The van der Waals surface area contributed by atoms with Crippen molar-refractivity contribution < 1.29 is 4.74 Å². The summed E-state index contributed by atoms with van der Waals surface area (Å²) in [6.07, 6.45) is 3.73. The van der Waals surface area contributed by atoms with Gasteiger partial charge in [0.2, 0.25) is 0 Å². The molecule has 1 fully saturated rings. The van der Waals surface area contributed by atoms with E-state index < -0.39 is 0 Å². The van der Waals surface area contributed by atoms with Crippen molar-refractivity contribution >= 4 is 11.6 Å². The molecule has 0 radical (unpaired) electrons. The van der Waals surface area contributed by atoms with Crippen LogP contribution in [0, 0.1) is 11.3 Å². The second-order valence-corrected chi connectivity index (χ2v) is 6.28. The maximum Gasteiger partial charge on any atom is 0.122 e. The van der Waals surface area contributed by atoms with Crippen LogP contribution in [0.2, 0.25) is 5.02 Å². The van der Waals surface area contributed by atoms with Gasteiger partial charge in [0.15, 0.2) is 0 Å². The standard InChI is InChI=1S/C16H24ClNO/c1-4-18-11-16(2,13-5-6-13)10-12-9-14(17)7-8-15(12)19-3/h7-9,13,18H,4-6,10-11H2,1-3H3. The Balaban J connectivity index is 2.18. The highest BCUT2D eigenvalue weighted by Crippen LogP contribution is 2.48. The first-order valence-corrected chi connectivity index (χ1v) is 7.50. The van der Waals surface area contributed by atoms with Gasteiger partial charge in [-0.3, -0.25) is 0 Å². The normalized spacial score (nSPS) is 18.1. The van der Waals surface area contributed by atoms with Crippen molar-refractivity contribution in [2.45, 2.75) is 33.1 Å². The van der Waals surface area contributed by atoms with Gasteiger partial charge in [-0.05, 0) is 60.9 Å². The summed E-state index contributed by atoms with van der Waals surface area (Å²) in [6.45, 7) is 6.62. The van der Waals surface area contributed by atoms with E-state index in [1.54, 1.807) is 7.11 Å². The van der Waals surface area contributed by atoms with E-state index in [1.807, 2.05) is 18.2 Å². The smallest absolute Gasteiger partial charge is 0.122 e. The molecule has 1 unspecified atom stereocenters. The maximum absolute atomic E-state index is 6.13. The van der Waals surface area contributed by atoms with Gasteiger partial charge in [0.25, 0.3) is 0 Å². The first-order valence-electron chi connectivity index (χ1n) is 7.12. The van der Waals surface area contributed by atoms with Crippen LogP contribution < -0.4 is 10.1 Å². The van der Waals surface area contributed by atoms with Gasteiger partial charge >= 0.3 is 0 Å². The molecule has 0 bridgehead atoms. The molecule has 0 aromatic heterocycles. The molecule has 3 heteroatoms. The minimum absolute atomic E-state index is 0.300. The van der Waals surface area contributed by atoms with E-state index in [0.29, 0.717) is 5.41 Å². The van der Waals surface area contributed by atoms with Gasteiger partial charge in [-0.15, -0.1) is 0 Å². The fourth-order valence-electron chi connectivity index (χ4n) is 2.86. The zero-order valence-corrected chi connectivity index (χ0v) is 12.9. The molecule has 0 heterocycles. The first kappa shape index (κ1) is 14.7. The summed E-state index contributed by atoms with van der Waals surface area (Å²) in [4.78, 5) is 0. The fourth-order valence-corrected chi connectivity index (χ4v) is 3.06. The Hall–Kier alpha value is -0.730. The Kier molecular flexibility index (Phi) is 4.75. The lowest BCUT2D eigenvalue weighted by molar-refractivity contribution is 0.254. The average Bonchev–Trinajstić information content (AvgIpc) is 3.21. The Labute approximate surface area is 121 Å². The van der Waals surface area contributed by atoms with E-state index in [2.05, 4.69) is 19.2 Å². The van der Waals surface area contributed by atoms with Crippen LogP contribution in [-0.4, -0.2) is 20.2 Å². The van der Waals surface area contributed by atoms with Gasteiger partial charge in [-0.2, -0.15) is 0 Å². The summed E-state index contributed by atoms with van der Waals surface area (Å²) in [6, 6.07) is 5.91. The van der Waals surface area contributed by atoms with E-state index >= 15 is 0 Å².